The highest BCUT2D eigenvalue weighted by molar-refractivity contribution is 6.35. The number of hydrogen-bond acceptors (Lipinski definition) is 3. The van der Waals surface area contributed by atoms with Gasteiger partial charge in [0.05, 0.1) is 17.8 Å². The Morgan fingerprint density at radius 2 is 1.85 bits per heavy atom. The molecule has 3 aromatic rings. The normalized spacial score (nSPS) is 11.0. The molecule has 1 N–H and O–H groups in total. The van der Waals surface area contributed by atoms with Crippen molar-refractivity contribution in [2.45, 2.75) is 33.9 Å². The Labute approximate surface area is 161 Å². The molecule has 2 heterocycles. The van der Waals surface area contributed by atoms with Gasteiger partial charge >= 0.3 is 0 Å². The second kappa shape index (κ2) is 7.51. The molecule has 1 amide bonds. The number of benzene rings is 1. The van der Waals surface area contributed by atoms with E-state index >= 15 is 0 Å². The first kappa shape index (κ1) is 18.5. The number of carbonyl (C=O) groups excluding carboxylic acids is 1. The molecule has 3 rings (SSSR count). The van der Waals surface area contributed by atoms with Gasteiger partial charge in [-0.1, -0.05) is 29.3 Å². The number of aryl methyl sites for hydroxylation is 2. The van der Waals surface area contributed by atoms with Crippen LogP contribution in [0, 0.1) is 13.8 Å². The third-order valence-electron chi connectivity index (χ3n) is 4.17. The van der Waals surface area contributed by atoms with Crippen molar-refractivity contribution in [2.75, 3.05) is 5.32 Å². The van der Waals surface area contributed by atoms with E-state index in [2.05, 4.69) is 15.5 Å². The van der Waals surface area contributed by atoms with Crippen molar-refractivity contribution in [3.63, 3.8) is 0 Å². The first-order chi connectivity index (χ1) is 12.4. The molecule has 8 heteroatoms. The summed E-state index contributed by atoms with van der Waals surface area (Å²) in [7, 11) is 0. The maximum atomic E-state index is 12.6. The number of carbonyl (C=O) groups is 1. The van der Waals surface area contributed by atoms with E-state index in [1.165, 1.54) is 0 Å². The van der Waals surface area contributed by atoms with Crippen molar-refractivity contribution < 1.29 is 4.79 Å². The van der Waals surface area contributed by atoms with Crippen molar-refractivity contribution in [2.24, 2.45) is 0 Å². The summed E-state index contributed by atoms with van der Waals surface area (Å²) in [5.74, 6) is 0.238. The Morgan fingerprint density at radius 1 is 1.15 bits per heavy atom. The minimum atomic E-state index is -0.222. The Bertz CT molecular complexity index is 940. The van der Waals surface area contributed by atoms with Crippen molar-refractivity contribution in [3.8, 4) is 0 Å². The average Bonchev–Trinajstić information content (AvgIpc) is 3.14. The molecule has 0 aliphatic heterocycles. The van der Waals surface area contributed by atoms with E-state index in [-0.39, 0.29) is 5.91 Å². The van der Waals surface area contributed by atoms with Crippen molar-refractivity contribution in [1.29, 1.82) is 0 Å². The fraction of sp³-hybridized carbons (Fsp3) is 0.278. The molecule has 1 aromatic carbocycles. The number of nitrogens with zero attached hydrogens (tertiary/aromatic N) is 4. The summed E-state index contributed by atoms with van der Waals surface area (Å²) in [5.41, 5.74) is 2.90. The summed E-state index contributed by atoms with van der Waals surface area (Å²) < 4.78 is 3.49. The topological polar surface area (TPSA) is 64.7 Å². The second-order valence-corrected chi connectivity index (χ2v) is 6.73. The highest BCUT2D eigenvalue weighted by atomic mass is 35.5. The summed E-state index contributed by atoms with van der Waals surface area (Å²) in [6, 6.07) is 7.10. The third-order valence-corrected chi connectivity index (χ3v) is 4.88. The Kier molecular flexibility index (Phi) is 5.34. The lowest BCUT2D eigenvalue weighted by Gasteiger charge is -2.07. The number of hydrogen-bond donors (Lipinski definition) is 1. The van der Waals surface area contributed by atoms with E-state index in [9.17, 15) is 4.79 Å². The lowest BCUT2D eigenvalue weighted by Crippen LogP contribution is -2.15. The van der Waals surface area contributed by atoms with Crippen molar-refractivity contribution >= 4 is 34.9 Å². The summed E-state index contributed by atoms with van der Waals surface area (Å²) in [4.78, 5) is 12.6. The van der Waals surface area contributed by atoms with Gasteiger partial charge in [-0.15, -0.1) is 0 Å². The van der Waals surface area contributed by atoms with Gasteiger partial charge in [-0.25, -0.2) is 0 Å². The highest BCUT2D eigenvalue weighted by Gasteiger charge is 2.19. The van der Waals surface area contributed by atoms with Crippen LogP contribution in [0.4, 0.5) is 5.82 Å². The van der Waals surface area contributed by atoms with Gasteiger partial charge < -0.3 is 5.32 Å². The van der Waals surface area contributed by atoms with Crippen LogP contribution in [0.15, 0.2) is 30.5 Å². The maximum Gasteiger partial charge on any atom is 0.260 e. The fourth-order valence-electron chi connectivity index (χ4n) is 2.87. The molecule has 26 heavy (non-hydrogen) atoms. The van der Waals surface area contributed by atoms with Crippen LogP contribution in [0.25, 0.3) is 0 Å². The molecular weight excluding hydrogens is 373 g/mol. The van der Waals surface area contributed by atoms with Crippen LogP contribution in [-0.2, 0) is 13.1 Å². The zero-order valence-corrected chi connectivity index (χ0v) is 16.3. The van der Waals surface area contributed by atoms with E-state index in [1.54, 1.807) is 35.1 Å². The van der Waals surface area contributed by atoms with Crippen LogP contribution < -0.4 is 5.32 Å². The number of aromatic nitrogens is 4. The van der Waals surface area contributed by atoms with Gasteiger partial charge in [0.25, 0.3) is 5.91 Å². The predicted molar refractivity (Wildman–Crippen MR) is 103 cm³/mol. The molecule has 0 unspecified atom stereocenters. The molecule has 6 nitrogen and oxygen atoms in total. The molecule has 0 spiro atoms. The lowest BCUT2D eigenvalue weighted by atomic mass is 10.2. The van der Waals surface area contributed by atoms with E-state index in [0.29, 0.717) is 40.2 Å². The van der Waals surface area contributed by atoms with Crippen LogP contribution in [0.3, 0.4) is 0 Å². The molecule has 0 saturated carbocycles. The number of halogens is 2. The molecule has 0 saturated heterocycles. The smallest absolute Gasteiger partial charge is 0.260 e. The van der Waals surface area contributed by atoms with Gasteiger partial charge in [-0.05, 0) is 32.9 Å². The molecular formula is C18H19Cl2N5O. The molecule has 0 aliphatic rings. The summed E-state index contributed by atoms with van der Waals surface area (Å²) >= 11 is 12.4. The van der Waals surface area contributed by atoms with Crippen LogP contribution in [0.5, 0.6) is 0 Å². The molecule has 0 fully saturated rings. The maximum absolute atomic E-state index is 12.6. The zero-order chi connectivity index (χ0) is 18.8. The van der Waals surface area contributed by atoms with Crippen molar-refractivity contribution in [1.82, 2.24) is 19.6 Å². The van der Waals surface area contributed by atoms with E-state index in [4.69, 9.17) is 23.2 Å². The van der Waals surface area contributed by atoms with Gasteiger partial charge in [0.1, 0.15) is 0 Å². The van der Waals surface area contributed by atoms with Crippen LogP contribution in [-0.4, -0.2) is 25.5 Å². The van der Waals surface area contributed by atoms with Crippen LogP contribution >= 0.6 is 23.2 Å². The van der Waals surface area contributed by atoms with E-state index in [0.717, 1.165) is 11.3 Å². The minimum Gasteiger partial charge on any atom is -0.305 e. The largest absolute Gasteiger partial charge is 0.305 e. The molecule has 0 atom stereocenters. The SMILES string of the molecule is CCn1nc(C)c(C(=O)Nc2ccn(Cc3c(Cl)cccc3Cl)n2)c1C. The Hall–Kier alpha value is -2.31. The van der Waals surface area contributed by atoms with Gasteiger partial charge in [-0.3, -0.25) is 14.2 Å². The van der Waals surface area contributed by atoms with E-state index < -0.39 is 0 Å². The first-order valence-electron chi connectivity index (χ1n) is 8.22. The summed E-state index contributed by atoms with van der Waals surface area (Å²) in [6.45, 7) is 6.83. The second-order valence-electron chi connectivity index (χ2n) is 5.91. The first-order valence-corrected chi connectivity index (χ1v) is 8.98. The number of amides is 1. The number of nitrogens with one attached hydrogen (secondary N) is 1. The lowest BCUT2D eigenvalue weighted by molar-refractivity contribution is 0.102. The van der Waals surface area contributed by atoms with Gasteiger partial charge in [0.15, 0.2) is 5.82 Å². The molecule has 0 bridgehead atoms. The highest BCUT2D eigenvalue weighted by Crippen LogP contribution is 2.25. The van der Waals surface area contributed by atoms with Crippen LogP contribution in [0.1, 0.15) is 34.2 Å². The number of anilines is 1. The molecule has 136 valence electrons. The van der Waals surface area contributed by atoms with Gasteiger partial charge in [0, 0.05) is 40.1 Å². The third kappa shape index (κ3) is 3.61. The van der Waals surface area contributed by atoms with Gasteiger partial charge in [-0.2, -0.15) is 10.2 Å². The summed E-state index contributed by atoms with van der Waals surface area (Å²) in [6.07, 6.45) is 1.77. The minimum absolute atomic E-state index is 0.222. The Balaban J connectivity index is 1.77. The molecule has 0 aliphatic carbocycles. The molecule has 0 radical (unpaired) electrons. The van der Waals surface area contributed by atoms with Crippen LogP contribution in [0.2, 0.25) is 10.0 Å². The summed E-state index contributed by atoms with van der Waals surface area (Å²) in [5, 5.41) is 12.7. The van der Waals surface area contributed by atoms with E-state index in [1.807, 2.05) is 25.5 Å². The standard InChI is InChI=1S/C18H19Cl2N5O/c1-4-25-12(3)17(11(2)22-25)18(26)21-16-8-9-24(23-16)10-13-14(19)6-5-7-15(13)20/h5-9H,4,10H2,1-3H3,(H,21,23,26). The molecule has 2 aromatic heterocycles. The fourth-order valence-corrected chi connectivity index (χ4v) is 3.39. The predicted octanol–water partition coefficient (Wildman–Crippen LogP) is 4.32. The Morgan fingerprint density at radius 3 is 2.46 bits per heavy atom. The zero-order valence-electron chi connectivity index (χ0n) is 14.8. The number of rotatable bonds is 5. The quantitative estimate of drug-likeness (QED) is 0.703. The van der Waals surface area contributed by atoms with Gasteiger partial charge in [0.2, 0.25) is 0 Å². The average molecular weight is 392 g/mol. The monoisotopic (exact) mass is 391 g/mol. The van der Waals surface area contributed by atoms with Crippen molar-refractivity contribution in [3.05, 3.63) is 63.0 Å².